The Morgan fingerprint density at radius 1 is 1.34 bits per heavy atom. The van der Waals surface area contributed by atoms with Gasteiger partial charge in [0.25, 0.3) is 5.56 Å². The van der Waals surface area contributed by atoms with E-state index in [9.17, 15) is 14.4 Å². The van der Waals surface area contributed by atoms with E-state index in [1.807, 2.05) is 36.4 Å². The van der Waals surface area contributed by atoms with Gasteiger partial charge in [0.1, 0.15) is 4.83 Å². The van der Waals surface area contributed by atoms with Gasteiger partial charge in [0.05, 0.1) is 10.6 Å². The van der Waals surface area contributed by atoms with Crippen LogP contribution in [0.15, 0.2) is 59.0 Å². The summed E-state index contributed by atoms with van der Waals surface area (Å²) in [6.45, 7) is 5.63. The molecule has 3 aromatic rings. The minimum absolute atomic E-state index is 0.185. The molecular weight excluding hydrogens is 408 g/mol. The lowest BCUT2D eigenvalue weighted by atomic mass is 10.2. The van der Waals surface area contributed by atoms with E-state index >= 15 is 0 Å². The molecule has 0 radical (unpaired) electrons. The highest BCUT2D eigenvalue weighted by Gasteiger charge is 2.21. The second kappa shape index (κ2) is 9.06. The zero-order chi connectivity index (χ0) is 21.0. The number of nitrogens with zero attached hydrogens (tertiary/aromatic N) is 2. The van der Waals surface area contributed by atoms with Crippen molar-refractivity contribution in [3.05, 3.63) is 59.4 Å². The quantitative estimate of drug-likeness (QED) is 0.357. The largest absolute Gasteiger partial charge is 0.341 e. The summed E-state index contributed by atoms with van der Waals surface area (Å²) < 4.78 is 1.49. The molecule has 9 heteroatoms. The fourth-order valence-corrected chi connectivity index (χ4v) is 4.61. The fourth-order valence-electron chi connectivity index (χ4n) is 2.61. The van der Waals surface area contributed by atoms with Crippen LogP contribution in [0.1, 0.15) is 6.92 Å². The van der Waals surface area contributed by atoms with Gasteiger partial charge in [-0.05, 0) is 18.6 Å². The van der Waals surface area contributed by atoms with Crippen molar-refractivity contribution in [2.75, 3.05) is 7.05 Å². The Labute approximate surface area is 175 Å². The molecule has 2 aromatic heterocycles. The van der Waals surface area contributed by atoms with E-state index in [0.29, 0.717) is 15.4 Å². The van der Waals surface area contributed by atoms with Crippen LogP contribution in [0.2, 0.25) is 0 Å². The predicted octanol–water partition coefficient (Wildman–Crippen LogP) is 3.25. The van der Waals surface area contributed by atoms with Gasteiger partial charge in [0.2, 0.25) is 5.91 Å². The molecule has 3 rings (SSSR count). The lowest BCUT2D eigenvalue weighted by Crippen LogP contribution is -2.41. The maximum atomic E-state index is 13.1. The number of carbonyl (C=O) groups excluding carboxylic acids is 2. The molecule has 150 valence electrons. The minimum atomic E-state index is -0.624. The zero-order valence-corrected chi connectivity index (χ0v) is 17.6. The van der Waals surface area contributed by atoms with Crippen LogP contribution < -0.4 is 16.2 Å². The Hall–Kier alpha value is -2.91. The number of amides is 3. The standard InChI is InChI=1S/C20H20N4O3S2/c1-4-10-24-18(26)14-11-15(13-8-6-5-7-9-13)29-17(14)23-20(24)28-12(2)16(25)22-19(27)21-3/h4-9,11-12H,1,10H2,2-3H3,(H2,21,22,25,27). The second-order valence-electron chi connectivity index (χ2n) is 6.12. The van der Waals surface area contributed by atoms with Crippen molar-refractivity contribution in [1.29, 1.82) is 0 Å². The molecule has 0 aliphatic rings. The van der Waals surface area contributed by atoms with Gasteiger partial charge in [0.15, 0.2) is 5.16 Å². The van der Waals surface area contributed by atoms with Gasteiger partial charge in [-0.15, -0.1) is 17.9 Å². The first-order valence-electron chi connectivity index (χ1n) is 8.84. The van der Waals surface area contributed by atoms with Gasteiger partial charge in [-0.1, -0.05) is 48.2 Å². The molecule has 0 aliphatic heterocycles. The van der Waals surface area contributed by atoms with Crippen LogP contribution in [0.4, 0.5) is 4.79 Å². The molecular formula is C20H20N4O3S2. The molecule has 7 nitrogen and oxygen atoms in total. The molecule has 0 saturated heterocycles. The highest BCUT2D eigenvalue weighted by molar-refractivity contribution is 8.00. The molecule has 1 aromatic carbocycles. The summed E-state index contributed by atoms with van der Waals surface area (Å²) >= 11 is 2.55. The third-order valence-electron chi connectivity index (χ3n) is 4.10. The van der Waals surface area contributed by atoms with Crippen molar-refractivity contribution in [3.8, 4) is 10.4 Å². The first-order valence-corrected chi connectivity index (χ1v) is 10.5. The Balaban J connectivity index is 2.01. The maximum Gasteiger partial charge on any atom is 0.321 e. The third-order valence-corrected chi connectivity index (χ3v) is 6.27. The summed E-state index contributed by atoms with van der Waals surface area (Å²) in [7, 11) is 1.43. The van der Waals surface area contributed by atoms with Gasteiger partial charge < -0.3 is 5.32 Å². The minimum Gasteiger partial charge on any atom is -0.341 e. The average molecular weight is 429 g/mol. The van der Waals surface area contributed by atoms with Crippen LogP contribution in [-0.2, 0) is 11.3 Å². The molecule has 3 amide bonds. The molecule has 1 unspecified atom stereocenters. The number of thiophene rings is 1. The van der Waals surface area contributed by atoms with E-state index in [-0.39, 0.29) is 12.1 Å². The highest BCUT2D eigenvalue weighted by Crippen LogP contribution is 2.32. The van der Waals surface area contributed by atoms with Gasteiger partial charge in [-0.25, -0.2) is 9.78 Å². The van der Waals surface area contributed by atoms with E-state index in [1.165, 1.54) is 23.0 Å². The van der Waals surface area contributed by atoms with E-state index < -0.39 is 17.2 Å². The Kier molecular flexibility index (Phi) is 6.50. The third kappa shape index (κ3) is 4.57. The van der Waals surface area contributed by atoms with Crippen LogP contribution in [0, 0.1) is 0 Å². The normalized spacial score (nSPS) is 11.8. The second-order valence-corrected chi connectivity index (χ2v) is 8.46. The SMILES string of the molecule is C=CCn1c(SC(C)C(=O)NC(=O)NC)nc2sc(-c3ccccc3)cc2c1=O. The Morgan fingerprint density at radius 2 is 2.07 bits per heavy atom. The Bertz CT molecular complexity index is 1120. The van der Waals surface area contributed by atoms with E-state index in [4.69, 9.17) is 0 Å². The van der Waals surface area contributed by atoms with E-state index in [1.54, 1.807) is 13.0 Å². The van der Waals surface area contributed by atoms with E-state index in [0.717, 1.165) is 22.2 Å². The van der Waals surface area contributed by atoms with E-state index in [2.05, 4.69) is 22.2 Å². The number of thioether (sulfide) groups is 1. The molecule has 0 aliphatic carbocycles. The van der Waals surface area contributed by atoms with Gasteiger partial charge >= 0.3 is 6.03 Å². The van der Waals surface area contributed by atoms with Crippen LogP contribution in [0.5, 0.6) is 0 Å². The smallest absolute Gasteiger partial charge is 0.321 e. The highest BCUT2D eigenvalue weighted by atomic mass is 32.2. The lowest BCUT2D eigenvalue weighted by Gasteiger charge is -2.14. The topological polar surface area (TPSA) is 93.1 Å². The molecule has 2 N–H and O–H groups in total. The number of nitrogens with one attached hydrogen (secondary N) is 2. The number of benzene rings is 1. The number of rotatable bonds is 6. The molecule has 0 bridgehead atoms. The number of imide groups is 1. The van der Waals surface area contributed by atoms with Gasteiger partial charge in [-0.3, -0.25) is 19.5 Å². The van der Waals surface area contributed by atoms with Crippen molar-refractivity contribution in [2.45, 2.75) is 23.9 Å². The number of allylic oxidation sites excluding steroid dienone is 1. The number of carbonyl (C=O) groups is 2. The first-order chi connectivity index (χ1) is 13.9. The first kappa shape index (κ1) is 20.8. The predicted molar refractivity (Wildman–Crippen MR) is 117 cm³/mol. The summed E-state index contributed by atoms with van der Waals surface area (Å²) in [5, 5.41) is 4.88. The number of hydrogen-bond acceptors (Lipinski definition) is 6. The summed E-state index contributed by atoms with van der Waals surface area (Å²) in [5.74, 6) is -0.468. The summed E-state index contributed by atoms with van der Waals surface area (Å²) in [6.07, 6.45) is 1.61. The fraction of sp³-hybridized carbons (Fsp3) is 0.200. The summed E-state index contributed by atoms with van der Waals surface area (Å²) in [4.78, 5) is 42.8. The van der Waals surface area contributed by atoms with Crippen LogP contribution >= 0.6 is 23.1 Å². The van der Waals surface area contributed by atoms with Crippen molar-refractivity contribution >= 4 is 45.3 Å². The van der Waals surface area contributed by atoms with Crippen molar-refractivity contribution in [3.63, 3.8) is 0 Å². The molecule has 2 heterocycles. The number of aromatic nitrogens is 2. The lowest BCUT2D eigenvalue weighted by molar-refractivity contribution is -0.119. The number of hydrogen-bond donors (Lipinski definition) is 2. The zero-order valence-electron chi connectivity index (χ0n) is 16.0. The molecule has 0 spiro atoms. The Morgan fingerprint density at radius 3 is 2.72 bits per heavy atom. The van der Waals surface area contributed by atoms with Crippen LogP contribution in [-0.4, -0.2) is 33.8 Å². The molecule has 0 saturated carbocycles. The van der Waals surface area contributed by atoms with Crippen LogP contribution in [0.3, 0.4) is 0 Å². The summed E-state index contributed by atoms with van der Waals surface area (Å²) in [5.41, 5.74) is 0.826. The van der Waals surface area contributed by atoms with Gasteiger partial charge in [-0.2, -0.15) is 0 Å². The summed E-state index contributed by atoms with van der Waals surface area (Å²) in [6, 6.07) is 11.0. The molecule has 29 heavy (non-hydrogen) atoms. The van der Waals surface area contributed by atoms with Crippen molar-refractivity contribution in [2.24, 2.45) is 0 Å². The van der Waals surface area contributed by atoms with Gasteiger partial charge in [0, 0.05) is 18.5 Å². The average Bonchev–Trinajstić information content (AvgIpc) is 3.15. The van der Waals surface area contributed by atoms with Crippen molar-refractivity contribution in [1.82, 2.24) is 20.2 Å². The van der Waals surface area contributed by atoms with Crippen molar-refractivity contribution < 1.29 is 9.59 Å². The number of fused-ring (bicyclic) bond motifs is 1. The van der Waals surface area contributed by atoms with Crippen LogP contribution in [0.25, 0.3) is 20.7 Å². The molecule has 1 atom stereocenters. The molecule has 0 fully saturated rings. The maximum absolute atomic E-state index is 13.1. The number of urea groups is 1. The monoisotopic (exact) mass is 428 g/mol.